The molecule has 2 aromatic carbocycles. The second-order valence-electron chi connectivity index (χ2n) is 5.24. The topological polar surface area (TPSA) is 59.4 Å². The van der Waals surface area contributed by atoms with E-state index in [1.807, 2.05) is 73.7 Å². The molecule has 25 heavy (non-hydrogen) atoms. The summed E-state index contributed by atoms with van der Waals surface area (Å²) in [5.74, 6) is -0.134. The van der Waals surface area contributed by atoms with Gasteiger partial charge in [-0.15, -0.1) is 11.3 Å². The third kappa shape index (κ3) is 4.14. The number of hydrogen-bond acceptors (Lipinski definition) is 4. The Morgan fingerprint density at radius 2 is 1.84 bits per heavy atom. The number of carboxylic acid groups (broad SMARTS) is 1. The lowest BCUT2D eigenvalue weighted by Crippen LogP contribution is -1.95. The lowest BCUT2D eigenvalue weighted by atomic mass is 10.1. The summed E-state index contributed by atoms with van der Waals surface area (Å²) >= 11 is 1.17. The minimum atomic E-state index is -0.961. The Kier molecular flexibility index (Phi) is 5.26. The van der Waals surface area contributed by atoms with Gasteiger partial charge in [0.05, 0.1) is 12.3 Å². The molecule has 0 radical (unpaired) electrons. The summed E-state index contributed by atoms with van der Waals surface area (Å²) in [6.07, 6.45) is 3.74. The van der Waals surface area contributed by atoms with E-state index in [2.05, 4.69) is 4.98 Å². The first-order valence-corrected chi connectivity index (χ1v) is 8.69. The lowest BCUT2D eigenvalue weighted by molar-refractivity contribution is 0.0702. The number of rotatable bonds is 6. The molecular formula is C20H17NO3S. The molecule has 0 atom stereocenters. The maximum atomic E-state index is 11.5. The molecule has 0 fully saturated rings. The van der Waals surface area contributed by atoms with Gasteiger partial charge in [-0.2, -0.15) is 0 Å². The highest BCUT2D eigenvalue weighted by atomic mass is 32.1. The van der Waals surface area contributed by atoms with Gasteiger partial charge in [0.1, 0.15) is 15.6 Å². The number of benzene rings is 2. The molecule has 0 aliphatic rings. The lowest BCUT2D eigenvalue weighted by Gasteiger charge is -2.01. The molecular weight excluding hydrogens is 334 g/mol. The summed E-state index contributed by atoms with van der Waals surface area (Å²) in [7, 11) is 0. The van der Waals surface area contributed by atoms with Crippen LogP contribution < -0.4 is 4.74 Å². The zero-order chi connectivity index (χ0) is 17.6. The number of carbonyl (C=O) groups is 1. The van der Waals surface area contributed by atoms with Gasteiger partial charge < -0.3 is 9.84 Å². The Morgan fingerprint density at radius 1 is 1.12 bits per heavy atom. The van der Waals surface area contributed by atoms with Gasteiger partial charge in [0.2, 0.25) is 0 Å². The van der Waals surface area contributed by atoms with E-state index in [0.717, 1.165) is 16.9 Å². The highest BCUT2D eigenvalue weighted by molar-refractivity contribution is 7.15. The monoisotopic (exact) mass is 351 g/mol. The summed E-state index contributed by atoms with van der Waals surface area (Å²) in [5.41, 5.74) is 2.30. The third-order valence-corrected chi connectivity index (χ3v) is 4.50. The normalized spacial score (nSPS) is 10.9. The number of nitrogens with zero attached hydrogens (tertiary/aromatic N) is 1. The molecule has 3 rings (SSSR count). The van der Waals surface area contributed by atoms with Crippen molar-refractivity contribution < 1.29 is 14.6 Å². The van der Waals surface area contributed by atoms with Gasteiger partial charge in [0.15, 0.2) is 0 Å². The van der Waals surface area contributed by atoms with Crippen LogP contribution in [0.5, 0.6) is 5.75 Å². The molecule has 0 aliphatic carbocycles. The van der Waals surface area contributed by atoms with E-state index in [1.54, 1.807) is 0 Å². The van der Waals surface area contributed by atoms with E-state index in [1.165, 1.54) is 11.3 Å². The van der Waals surface area contributed by atoms with E-state index in [4.69, 9.17) is 4.74 Å². The Morgan fingerprint density at radius 3 is 2.48 bits per heavy atom. The maximum absolute atomic E-state index is 11.5. The van der Waals surface area contributed by atoms with Crippen LogP contribution in [0, 0.1) is 0 Å². The fraction of sp³-hybridized carbons (Fsp3) is 0.100. The molecule has 5 heteroatoms. The standard InChI is InChI=1S/C20H17NO3S/c1-2-24-16-11-8-14(9-12-16)10-13-17-21-18(19(25-17)20(22)23)15-6-4-3-5-7-15/h3-13H,2H2,1H3,(H,22,23)/b13-10+. The van der Waals surface area contributed by atoms with Crippen molar-refractivity contribution in [2.75, 3.05) is 6.61 Å². The first-order chi connectivity index (χ1) is 12.2. The molecule has 126 valence electrons. The maximum Gasteiger partial charge on any atom is 0.348 e. The van der Waals surface area contributed by atoms with Crippen LogP contribution >= 0.6 is 11.3 Å². The van der Waals surface area contributed by atoms with Crippen molar-refractivity contribution in [3.8, 4) is 17.0 Å². The average Bonchev–Trinajstić information content (AvgIpc) is 3.07. The van der Waals surface area contributed by atoms with Gasteiger partial charge in [-0.1, -0.05) is 48.5 Å². The molecule has 4 nitrogen and oxygen atoms in total. The largest absolute Gasteiger partial charge is 0.494 e. The van der Waals surface area contributed by atoms with Crippen LogP contribution in [0.1, 0.15) is 27.2 Å². The molecule has 3 aromatic rings. The van der Waals surface area contributed by atoms with Gasteiger partial charge in [-0.3, -0.25) is 0 Å². The second kappa shape index (κ2) is 7.77. The first kappa shape index (κ1) is 16.9. The molecule has 0 spiro atoms. The summed E-state index contributed by atoms with van der Waals surface area (Å²) in [4.78, 5) is 16.3. The van der Waals surface area contributed by atoms with Crippen molar-refractivity contribution in [3.63, 3.8) is 0 Å². The first-order valence-electron chi connectivity index (χ1n) is 7.88. The number of aromatic carboxylic acids is 1. The highest BCUT2D eigenvalue weighted by Crippen LogP contribution is 2.29. The highest BCUT2D eigenvalue weighted by Gasteiger charge is 2.17. The minimum Gasteiger partial charge on any atom is -0.494 e. The number of ether oxygens (including phenoxy) is 1. The van der Waals surface area contributed by atoms with Crippen molar-refractivity contribution >= 4 is 29.5 Å². The van der Waals surface area contributed by atoms with Crippen molar-refractivity contribution in [3.05, 3.63) is 70.0 Å². The molecule has 1 heterocycles. The molecule has 0 saturated heterocycles. The Bertz CT molecular complexity index is 883. The van der Waals surface area contributed by atoms with Crippen LogP contribution in [0.3, 0.4) is 0 Å². The van der Waals surface area contributed by atoms with Crippen LogP contribution in [0.4, 0.5) is 0 Å². The van der Waals surface area contributed by atoms with Gasteiger partial charge in [-0.25, -0.2) is 9.78 Å². The fourth-order valence-electron chi connectivity index (χ4n) is 2.35. The number of thiazole rings is 1. The Hall–Kier alpha value is -2.92. The Balaban J connectivity index is 1.86. The summed E-state index contributed by atoms with van der Waals surface area (Å²) in [6.45, 7) is 2.58. The molecule has 0 saturated carbocycles. The van der Waals surface area contributed by atoms with Gasteiger partial charge >= 0.3 is 5.97 Å². The summed E-state index contributed by atoms with van der Waals surface area (Å²) in [5, 5.41) is 10.1. The molecule has 1 N–H and O–H groups in total. The van der Waals surface area contributed by atoms with Gasteiger partial charge in [0, 0.05) is 5.56 Å². The van der Waals surface area contributed by atoms with E-state index in [9.17, 15) is 9.90 Å². The molecule has 0 bridgehead atoms. The second-order valence-corrected chi connectivity index (χ2v) is 6.27. The van der Waals surface area contributed by atoms with E-state index < -0.39 is 5.97 Å². The molecule has 0 unspecified atom stereocenters. The number of aromatic nitrogens is 1. The average molecular weight is 351 g/mol. The number of hydrogen-bond donors (Lipinski definition) is 1. The Labute approximate surface area is 150 Å². The SMILES string of the molecule is CCOc1ccc(/C=C/c2nc(-c3ccccc3)c(C(=O)O)s2)cc1. The predicted octanol–water partition coefficient (Wildman–Crippen LogP) is 5.08. The van der Waals surface area contributed by atoms with Crippen LogP contribution in [-0.4, -0.2) is 22.7 Å². The predicted molar refractivity (Wildman–Crippen MR) is 101 cm³/mol. The molecule has 0 aliphatic heterocycles. The summed E-state index contributed by atoms with van der Waals surface area (Å²) < 4.78 is 5.42. The van der Waals surface area contributed by atoms with Crippen molar-refractivity contribution in [1.82, 2.24) is 4.98 Å². The van der Waals surface area contributed by atoms with Crippen LogP contribution in [0.25, 0.3) is 23.4 Å². The zero-order valence-electron chi connectivity index (χ0n) is 13.7. The van der Waals surface area contributed by atoms with Crippen molar-refractivity contribution in [2.45, 2.75) is 6.92 Å². The van der Waals surface area contributed by atoms with Gasteiger partial charge in [-0.05, 0) is 30.7 Å². The van der Waals surface area contributed by atoms with Crippen molar-refractivity contribution in [1.29, 1.82) is 0 Å². The van der Waals surface area contributed by atoms with E-state index >= 15 is 0 Å². The molecule has 1 aromatic heterocycles. The zero-order valence-corrected chi connectivity index (χ0v) is 14.5. The number of carboxylic acids is 1. The van der Waals surface area contributed by atoms with Crippen LogP contribution in [0.15, 0.2) is 54.6 Å². The fourth-order valence-corrected chi connectivity index (χ4v) is 3.18. The van der Waals surface area contributed by atoms with Crippen LogP contribution in [-0.2, 0) is 0 Å². The van der Waals surface area contributed by atoms with E-state index in [-0.39, 0.29) is 4.88 Å². The third-order valence-electron chi connectivity index (χ3n) is 3.49. The minimum absolute atomic E-state index is 0.248. The smallest absolute Gasteiger partial charge is 0.348 e. The van der Waals surface area contributed by atoms with Crippen LogP contribution in [0.2, 0.25) is 0 Å². The van der Waals surface area contributed by atoms with Crippen molar-refractivity contribution in [2.24, 2.45) is 0 Å². The quantitative estimate of drug-likeness (QED) is 0.673. The summed E-state index contributed by atoms with van der Waals surface area (Å²) in [6, 6.07) is 17.1. The van der Waals surface area contributed by atoms with E-state index in [0.29, 0.717) is 17.3 Å². The van der Waals surface area contributed by atoms with Gasteiger partial charge in [0.25, 0.3) is 0 Å². The molecule has 0 amide bonds.